The third-order valence-corrected chi connectivity index (χ3v) is 4.83. The number of carbonyl (C=O) groups excluding carboxylic acids is 2. The third-order valence-electron chi connectivity index (χ3n) is 3.65. The van der Waals surface area contributed by atoms with Crippen LogP contribution in [-0.4, -0.2) is 51.3 Å². The van der Waals surface area contributed by atoms with E-state index >= 15 is 0 Å². The van der Waals surface area contributed by atoms with Crippen LogP contribution >= 0.6 is 0 Å². The fourth-order valence-electron chi connectivity index (χ4n) is 2.51. The summed E-state index contributed by atoms with van der Waals surface area (Å²) in [6.07, 6.45) is 3.00. The van der Waals surface area contributed by atoms with E-state index in [4.69, 9.17) is 5.11 Å². The highest BCUT2D eigenvalue weighted by Gasteiger charge is 2.24. The van der Waals surface area contributed by atoms with Gasteiger partial charge in [0, 0.05) is 25.4 Å². The first-order chi connectivity index (χ1) is 11.3. The van der Waals surface area contributed by atoms with Gasteiger partial charge in [-0.05, 0) is 37.0 Å². The van der Waals surface area contributed by atoms with Gasteiger partial charge in [-0.2, -0.15) is 0 Å². The van der Waals surface area contributed by atoms with Crippen molar-refractivity contribution in [1.82, 2.24) is 5.32 Å². The topological polar surface area (TPSA) is 116 Å². The molecule has 3 N–H and O–H groups in total. The Morgan fingerprint density at radius 3 is 2.71 bits per heavy atom. The molecule has 24 heavy (non-hydrogen) atoms. The highest BCUT2D eigenvalue weighted by atomic mass is 32.2. The van der Waals surface area contributed by atoms with E-state index in [1.54, 1.807) is 18.2 Å². The minimum absolute atomic E-state index is 0.0753. The van der Waals surface area contributed by atoms with Gasteiger partial charge >= 0.3 is 11.8 Å². The van der Waals surface area contributed by atoms with Crippen LogP contribution in [0.4, 0.5) is 11.4 Å². The zero-order chi connectivity index (χ0) is 17.7. The molecule has 0 aromatic heterocycles. The van der Waals surface area contributed by atoms with Crippen molar-refractivity contribution in [2.45, 2.75) is 19.3 Å². The van der Waals surface area contributed by atoms with Crippen molar-refractivity contribution in [3.05, 3.63) is 23.8 Å². The molecule has 0 aliphatic carbocycles. The van der Waals surface area contributed by atoms with Crippen LogP contribution in [0, 0.1) is 0 Å². The van der Waals surface area contributed by atoms with Gasteiger partial charge in [0.05, 0.1) is 11.9 Å². The van der Waals surface area contributed by atoms with E-state index < -0.39 is 21.8 Å². The van der Waals surface area contributed by atoms with Crippen LogP contribution in [0.5, 0.6) is 0 Å². The van der Waals surface area contributed by atoms with E-state index in [1.807, 2.05) is 0 Å². The molecular formula is C15H21N3O5S. The maximum absolute atomic E-state index is 11.9. The summed E-state index contributed by atoms with van der Waals surface area (Å²) in [7, 11) is -3.40. The van der Waals surface area contributed by atoms with E-state index in [0.717, 1.165) is 24.7 Å². The molecule has 1 aliphatic rings. The Balaban J connectivity index is 2.13. The van der Waals surface area contributed by atoms with Gasteiger partial charge in [-0.15, -0.1) is 0 Å². The molecule has 0 atom stereocenters. The lowest BCUT2D eigenvalue weighted by atomic mass is 10.0. The molecule has 0 spiro atoms. The van der Waals surface area contributed by atoms with E-state index in [2.05, 4.69) is 10.6 Å². The monoisotopic (exact) mass is 355 g/mol. The van der Waals surface area contributed by atoms with Crippen LogP contribution in [0.1, 0.15) is 18.4 Å². The zero-order valence-electron chi connectivity index (χ0n) is 13.4. The number of sulfonamides is 1. The number of aliphatic hydroxyl groups excluding tert-OH is 1. The number of nitrogens with one attached hydrogen (secondary N) is 2. The van der Waals surface area contributed by atoms with Crippen LogP contribution in [-0.2, 0) is 26.0 Å². The Labute approximate surface area is 140 Å². The molecule has 1 aliphatic heterocycles. The number of anilines is 2. The fraction of sp³-hybridized carbons (Fsp3) is 0.467. The molecule has 9 heteroatoms. The molecule has 2 rings (SSSR count). The van der Waals surface area contributed by atoms with Gasteiger partial charge in [0.2, 0.25) is 10.0 Å². The molecule has 0 saturated carbocycles. The van der Waals surface area contributed by atoms with Gasteiger partial charge in [0.1, 0.15) is 0 Å². The van der Waals surface area contributed by atoms with Crippen LogP contribution < -0.4 is 14.9 Å². The lowest BCUT2D eigenvalue weighted by Gasteiger charge is -2.29. The van der Waals surface area contributed by atoms with Crippen molar-refractivity contribution >= 4 is 33.2 Å². The number of aliphatic hydroxyl groups is 1. The summed E-state index contributed by atoms with van der Waals surface area (Å²) in [5.41, 5.74) is 1.77. The number of hydrogen-bond donors (Lipinski definition) is 3. The highest BCUT2D eigenvalue weighted by Crippen LogP contribution is 2.31. The van der Waals surface area contributed by atoms with Gasteiger partial charge in [0.15, 0.2) is 0 Å². The lowest BCUT2D eigenvalue weighted by Crippen LogP contribution is -2.36. The second-order valence-corrected chi connectivity index (χ2v) is 7.48. The number of amides is 2. The van der Waals surface area contributed by atoms with E-state index in [9.17, 15) is 18.0 Å². The fourth-order valence-corrected chi connectivity index (χ4v) is 3.50. The normalized spacial score (nSPS) is 14.0. The largest absolute Gasteiger partial charge is 0.396 e. The number of rotatable bonds is 5. The summed E-state index contributed by atoms with van der Waals surface area (Å²) in [6.45, 7) is 0.522. The molecule has 0 bridgehead atoms. The van der Waals surface area contributed by atoms with Gasteiger partial charge in [-0.3, -0.25) is 13.9 Å². The van der Waals surface area contributed by atoms with Gasteiger partial charge in [-0.25, -0.2) is 8.42 Å². The summed E-state index contributed by atoms with van der Waals surface area (Å²) < 4.78 is 25.1. The SMILES string of the molecule is CS(=O)(=O)N1CCCc2ccc(NC(=O)C(=O)NCCCO)cc21. The molecule has 0 unspecified atom stereocenters. The average Bonchev–Trinajstić information content (AvgIpc) is 2.53. The van der Waals surface area contributed by atoms with Crippen molar-refractivity contribution in [2.75, 3.05) is 35.6 Å². The van der Waals surface area contributed by atoms with Crippen LogP contribution in [0.2, 0.25) is 0 Å². The Kier molecular flexibility index (Phi) is 5.79. The van der Waals surface area contributed by atoms with Crippen molar-refractivity contribution in [3.63, 3.8) is 0 Å². The Hall–Kier alpha value is -2.13. The Bertz CT molecular complexity index is 733. The van der Waals surface area contributed by atoms with E-state index in [1.165, 1.54) is 4.31 Å². The van der Waals surface area contributed by atoms with Crippen LogP contribution in [0.15, 0.2) is 18.2 Å². The molecule has 1 aromatic rings. The van der Waals surface area contributed by atoms with E-state index in [-0.39, 0.29) is 13.2 Å². The number of fused-ring (bicyclic) bond motifs is 1. The highest BCUT2D eigenvalue weighted by molar-refractivity contribution is 7.92. The summed E-state index contributed by atoms with van der Waals surface area (Å²) >= 11 is 0. The number of carbonyl (C=O) groups is 2. The first-order valence-corrected chi connectivity index (χ1v) is 9.48. The summed E-state index contributed by atoms with van der Waals surface area (Å²) in [4.78, 5) is 23.5. The number of aryl methyl sites for hydroxylation is 1. The maximum atomic E-state index is 11.9. The first-order valence-electron chi connectivity index (χ1n) is 7.63. The van der Waals surface area contributed by atoms with E-state index in [0.29, 0.717) is 24.3 Å². The minimum Gasteiger partial charge on any atom is -0.396 e. The quantitative estimate of drug-likeness (QED) is 0.501. The molecule has 0 fully saturated rings. The van der Waals surface area contributed by atoms with Crippen molar-refractivity contribution in [2.24, 2.45) is 0 Å². The van der Waals surface area contributed by atoms with Gasteiger partial charge < -0.3 is 15.7 Å². The van der Waals surface area contributed by atoms with Crippen molar-refractivity contribution < 1.29 is 23.1 Å². The maximum Gasteiger partial charge on any atom is 0.313 e. The summed E-state index contributed by atoms with van der Waals surface area (Å²) in [5.74, 6) is -1.64. The predicted molar refractivity (Wildman–Crippen MR) is 90.3 cm³/mol. The molecule has 8 nitrogen and oxygen atoms in total. The molecule has 1 heterocycles. The third kappa shape index (κ3) is 4.45. The second-order valence-electron chi connectivity index (χ2n) is 5.57. The van der Waals surface area contributed by atoms with Crippen LogP contribution in [0.25, 0.3) is 0 Å². The Morgan fingerprint density at radius 1 is 1.29 bits per heavy atom. The molecule has 2 amide bonds. The average molecular weight is 355 g/mol. The molecule has 0 radical (unpaired) electrons. The summed E-state index contributed by atoms with van der Waals surface area (Å²) in [5, 5.41) is 13.5. The molecule has 1 aromatic carbocycles. The lowest BCUT2D eigenvalue weighted by molar-refractivity contribution is -0.136. The van der Waals surface area contributed by atoms with Crippen molar-refractivity contribution in [1.29, 1.82) is 0 Å². The predicted octanol–water partition coefficient (Wildman–Crippen LogP) is -0.164. The number of hydrogen-bond acceptors (Lipinski definition) is 5. The number of nitrogens with zero attached hydrogens (tertiary/aromatic N) is 1. The molecule has 132 valence electrons. The molecular weight excluding hydrogens is 334 g/mol. The van der Waals surface area contributed by atoms with Gasteiger partial charge in [0.25, 0.3) is 0 Å². The van der Waals surface area contributed by atoms with Crippen LogP contribution in [0.3, 0.4) is 0 Å². The first kappa shape index (κ1) is 18.2. The Morgan fingerprint density at radius 2 is 2.04 bits per heavy atom. The molecule has 0 saturated heterocycles. The smallest absolute Gasteiger partial charge is 0.313 e. The van der Waals surface area contributed by atoms with Crippen molar-refractivity contribution in [3.8, 4) is 0 Å². The standard InChI is InChI=1S/C15H21N3O5S/c1-24(22,23)18-8-2-4-11-5-6-12(10-13(11)18)17-15(21)14(20)16-7-3-9-19/h5-6,10,19H,2-4,7-9H2,1H3,(H,16,20)(H,17,21). The summed E-state index contributed by atoms with van der Waals surface area (Å²) in [6, 6.07) is 4.96. The minimum atomic E-state index is -3.40. The zero-order valence-corrected chi connectivity index (χ0v) is 14.2. The second kappa shape index (κ2) is 7.63. The number of benzene rings is 1. The van der Waals surface area contributed by atoms with Gasteiger partial charge in [-0.1, -0.05) is 6.07 Å².